The predicted octanol–water partition coefficient (Wildman–Crippen LogP) is 6.26. The van der Waals surface area contributed by atoms with Crippen molar-refractivity contribution in [2.45, 2.75) is 91.4 Å². The standard InChI is InChI=1S/C23H38O/c1-15-16-7-8-17(13-16)21(15)12-11-20(24)5-4-6-22-18-9-10-19(14-18)23(22,2)3/h15-19,21-22H,4-14H2,1-3H3. The van der Waals surface area contributed by atoms with E-state index in [-0.39, 0.29) is 0 Å². The molecule has 24 heavy (non-hydrogen) atoms. The van der Waals surface area contributed by atoms with Gasteiger partial charge in [-0.2, -0.15) is 0 Å². The van der Waals surface area contributed by atoms with Gasteiger partial charge >= 0.3 is 0 Å². The van der Waals surface area contributed by atoms with Crippen LogP contribution in [0.1, 0.15) is 91.4 Å². The Morgan fingerprint density at radius 2 is 1.67 bits per heavy atom. The van der Waals surface area contributed by atoms with Crippen LogP contribution in [0.4, 0.5) is 0 Å². The third kappa shape index (κ3) is 2.88. The quantitative estimate of drug-likeness (QED) is 0.538. The molecule has 0 aromatic heterocycles. The Labute approximate surface area is 149 Å². The van der Waals surface area contributed by atoms with Gasteiger partial charge in [-0.25, -0.2) is 0 Å². The van der Waals surface area contributed by atoms with Gasteiger partial charge in [-0.1, -0.05) is 20.8 Å². The summed E-state index contributed by atoms with van der Waals surface area (Å²) < 4.78 is 0. The van der Waals surface area contributed by atoms with E-state index in [0.717, 1.165) is 60.7 Å². The van der Waals surface area contributed by atoms with E-state index < -0.39 is 0 Å². The van der Waals surface area contributed by atoms with Gasteiger partial charge in [0.15, 0.2) is 0 Å². The molecule has 0 aliphatic heterocycles. The van der Waals surface area contributed by atoms with Gasteiger partial charge in [-0.05, 0) is 105 Å². The summed E-state index contributed by atoms with van der Waals surface area (Å²) in [5, 5.41) is 0. The van der Waals surface area contributed by atoms with Crippen molar-refractivity contribution in [3.8, 4) is 0 Å². The van der Waals surface area contributed by atoms with E-state index in [1.54, 1.807) is 0 Å². The number of carbonyl (C=O) groups is 1. The van der Waals surface area contributed by atoms with Gasteiger partial charge in [0.1, 0.15) is 5.78 Å². The predicted molar refractivity (Wildman–Crippen MR) is 99.7 cm³/mol. The van der Waals surface area contributed by atoms with Gasteiger partial charge in [-0.15, -0.1) is 0 Å². The SMILES string of the molecule is CC1C2CCC(C2)C1CCC(=O)CCCC1C2CCC(C2)C1(C)C. The van der Waals surface area contributed by atoms with E-state index in [2.05, 4.69) is 20.8 Å². The van der Waals surface area contributed by atoms with Crippen LogP contribution in [0.15, 0.2) is 0 Å². The Bertz CT molecular complexity index is 476. The van der Waals surface area contributed by atoms with E-state index in [0.29, 0.717) is 11.2 Å². The summed E-state index contributed by atoms with van der Waals surface area (Å²) in [6, 6.07) is 0. The minimum absolute atomic E-state index is 0.546. The molecular formula is C23H38O. The van der Waals surface area contributed by atoms with Crippen molar-refractivity contribution in [2.75, 3.05) is 0 Å². The number of fused-ring (bicyclic) bond motifs is 4. The average molecular weight is 331 g/mol. The highest BCUT2D eigenvalue weighted by atomic mass is 16.1. The zero-order valence-corrected chi connectivity index (χ0v) is 16.2. The van der Waals surface area contributed by atoms with Gasteiger partial charge in [-0.3, -0.25) is 4.79 Å². The Morgan fingerprint density at radius 3 is 2.33 bits per heavy atom. The van der Waals surface area contributed by atoms with Crippen LogP contribution in [0.3, 0.4) is 0 Å². The topological polar surface area (TPSA) is 17.1 Å². The molecule has 4 rings (SSSR count). The van der Waals surface area contributed by atoms with Crippen LogP contribution in [0.5, 0.6) is 0 Å². The maximum atomic E-state index is 12.4. The summed E-state index contributed by atoms with van der Waals surface area (Å²) in [5.41, 5.74) is 0.546. The molecule has 0 radical (unpaired) electrons. The molecule has 4 fully saturated rings. The summed E-state index contributed by atoms with van der Waals surface area (Å²) in [7, 11) is 0. The molecule has 0 amide bonds. The molecular weight excluding hydrogens is 292 g/mol. The minimum atomic E-state index is 0.546. The van der Waals surface area contributed by atoms with E-state index in [9.17, 15) is 4.79 Å². The number of hydrogen-bond acceptors (Lipinski definition) is 1. The summed E-state index contributed by atoms with van der Waals surface area (Å²) in [6.45, 7) is 7.45. The smallest absolute Gasteiger partial charge is 0.132 e. The Balaban J connectivity index is 1.18. The van der Waals surface area contributed by atoms with Crippen molar-refractivity contribution in [1.82, 2.24) is 0 Å². The summed E-state index contributed by atoms with van der Waals surface area (Å²) in [4.78, 5) is 12.4. The highest BCUT2D eigenvalue weighted by molar-refractivity contribution is 5.78. The van der Waals surface area contributed by atoms with Crippen LogP contribution in [0.25, 0.3) is 0 Å². The molecule has 1 heteroatoms. The lowest BCUT2D eigenvalue weighted by Gasteiger charge is -2.38. The van der Waals surface area contributed by atoms with E-state index in [4.69, 9.17) is 0 Å². The van der Waals surface area contributed by atoms with Gasteiger partial charge in [0, 0.05) is 12.8 Å². The number of rotatable bonds is 7. The lowest BCUT2D eigenvalue weighted by molar-refractivity contribution is -0.119. The number of carbonyl (C=O) groups excluding carboxylic acids is 1. The lowest BCUT2D eigenvalue weighted by Crippen LogP contribution is -2.30. The van der Waals surface area contributed by atoms with Crippen molar-refractivity contribution in [3.63, 3.8) is 0 Å². The first-order valence-electron chi connectivity index (χ1n) is 11.0. The molecule has 0 saturated heterocycles. The highest BCUT2D eigenvalue weighted by Crippen LogP contribution is 2.60. The van der Waals surface area contributed by atoms with Crippen LogP contribution in [0.2, 0.25) is 0 Å². The molecule has 0 heterocycles. The van der Waals surface area contributed by atoms with Crippen LogP contribution in [-0.4, -0.2) is 5.78 Å². The van der Waals surface area contributed by atoms with E-state index in [1.807, 2.05) is 0 Å². The second kappa shape index (κ2) is 6.44. The zero-order chi connectivity index (χ0) is 16.9. The molecule has 0 N–H and O–H groups in total. The van der Waals surface area contributed by atoms with E-state index in [1.165, 1.54) is 51.4 Å². The molecule has 0 spiro atoms. The van der Waals surface area contributed by atoms with Gasteiger partial charge in [0.25, 0.3) is 0 Å². The van der Waals surface area contributed by atoms with Crippen molar-refractivity contribution in [1.29, 1.82) is 0 Å². The maximum absolute atomic E-state index is 12.4. The lowest BCUT2D eigenvalue weighted by atomic mass is 9.67. The zero-order valence-electron chi connectivity index (χ0n) is 16.2. The van der Waals surface area contributed by atoms with Crippen LogP contribution in [0, 0.1) is 46.8 Å². The van der Waals surface area contributed by atoms with Crippen molar-refractivity contribution >= 4 is 5.78 Å². The number of hydrogen-bond donors (Lipinski definition) is 0. The monoisotopic (exact) mass is 330 g/mol. The molecule has 4 aliphatic rings. The van der Waals surface area contributed by atoms with Gasteiger partial charge < -0.3 is 0 Å². The largest absolute Gasteiger partial charge is 0.300 e. The van der Waals surface area contributed by atoms with Crippen LogP contribution >= 0.6 is 0 Å². The molecule has 136 valence electrons. The summed E-state index contributed by atoms with van der Waals surface area (Å²) >= 11 is 0. The molecule has 0 aromatic carbocycles. The Morgan fingerprint density at radius 1 is 0.917 bits per heavy atom. The molecule has 1 nitrogen and oxygen atoms in total. The average Bonchev–Trinajstić information content (AvgIpc) is 3.28. The number of ketones is 1. The molecule has 7 atom stereocenters. The maximum Gasteiger partial charge on any atom is 0.132 e. The fourth-order valence-corrected chi connectivity index (χ4v) is 7.74. The van der Waals surface area contributed by atoms with Crippen LogP contribution < -0.4 is 0 Å². The highest BCUT2D eigenvalue weighted by Gasteiger charge is 2.51. The molecule has 0 aromatic rings. The Kier molecular flexibility index (Phi) is 4.59. The molecule has 7 unspecified atom stereocenters. The van der Waals surface area contributed by atoms with Crippen LogP contribution in [-0.2, 0) is 4.79 Å². The third-order valence-electron chi connectivity index (χ3n) is 9.32. The van der Waals surface area contributed by atoms with Crippen molar-refractivity contribution < 1.29 is 4.79 Å². The first-order valence-corrected chi connectivity index (χ1v) is 11.0. The molecule has 4 saturated carbocycles. The first-order chi connectivity index (χ1) is 11.5. The number of Topliss-reactive ketones (excluding diaryl/α,β-unsaturated/α-hetero) is 1. The normalized spacial score (nSPS) is 45.2. The van der Waals surface area contributed by atoms with Crippen molar-refractivity contribution in [2.24, 2.45) is 46.8 Å². The summed E-state index contributed by atoms with van der Waals surface area (Å²) in [5.74, 6) is 7.14. The fourth-order valence-electron chi connectivity index (χ4n) is 7.74. The second-order valence-corrected chi connectivity index (χ2v) is 10.5. The van der Waals surface area contributed by atoms with Crippen molar-refractivity contribution in [3.05, 3.63) is 0 Å². The third-order valence-corrected chi connectivity index (χ3v) is 9.32. The summed E-state index contributed by atoms with van der Waals surface area (Å²) in [6.07, 6.45) is 14.2. The molecule has 4 bridgehead atoms. The molecule has 4 aliphatic carbocycles. The van der Waals surface area contributed by atoms with Gasteiger partial charge in [0.2, 0.25) is 0 Å². The minimum Gasteiger partial charge on any atom is -0.300 e. The second-order valence-electron chi connectivity index (χ2n) is 10.5. The first kappa shape index (κ1) is 17.1. The van der Waals surface area contributed by atoms with E-state index >= 15 is 0 Å². The fraction of sp³-hybridized carbons (Fsp3) is 0.957. The Hall–Kier alpha value is -0.330. The van der Waals surface area contributed by atoms with Gasteiger partial charge in [0.05, 0.1) is 0 Å².